The van der Waals surface area contributed by atoms with Gasteiger partial charge in [-0.2, -0.15) is 0 Å². The van der Waals surface area contributed by atoms with E-state index in [2.05, 4.69) is 21.2 Å². The molecule has 0 aliphatic carbocycles. The van der Waals surface area contributed by atoms with Crippen LogP contribution in [0.1, 0.15) is 33.8 Å². The van der Waals surface area contributed by atoms with Crippen molar-refractivity contribution in [2.75, 3.05) is 40.0 Å². The Balaban J connectivity index is 1.48. The molecule has 1 N–H and O–H groups in total. The minimum absolute atomic E-state index is 0.111. The van der Waals surface area contributed by atoms with Gasteiger partial charge in [0.25, 0.3) is 5.91 Å². The molecule has 0 saturated carbocycles. The van der Waals surface area contributed by atoms with Crippen LogP contribution in [0.25, 0.3) is 0 Å². The maximum absolute atomic E-state index is 12.9. The molecule has 1 amide bonds. The summed E-state index contributed by atoms with van der Waals surface area (Å²) < 4.78 is 23.0. The molecule has 0 bridgehead atoms. The maximum atomic E-state index is 12.9. The van der Waals surface area contributed by atoms with Crippen molar-refractivity contribution < 1.29 is 23.7 Å². The molecular weight excluding hydrogens is 602 g/mol. The van der Waals surface area contributed by atoms with Gasteiger partial charge in [-0.05, 0) is 58.6 Å². The molecule has 0 spiro atoms. The van der Waals surface area contributed by atoms with Crippen LogP contribution in [-0.4, -0.2) is 56.0 Å². The first kappa shape index (κ1) is 29.7. The summed E-state index contributed by atoms with van der Waals surface area (Å²) in [6.45, 7) is 1.58. The lowest BCUT2D eigenvalue weighted by Gasteiger charge is -2.39. The highest BCUT2D eigenvalue weighted by molar-refractivity contribution is 9.10. The quantitative estimate of drug-likeness (QED) is 0.186. The molecule has 0 radical (unpaired) electrons. The minimum Gasteiger partial charge on any atom is -0.497 e. The lowest BCUT2D eigenvalue weighted by Crippen LogP contribution is -2.46. The maximum Gasteiger partial charge on any atom is 0.257 e. The van der Waals surface area contributed by atoms with Crippen molar-refractivity contribution >= 4 is 50.1 Å². The Labute approximate surface area is 245 Å². The predicted octanol–water partition coefficient (Wildman–Crippen LogP) is 5.88. The number of methoxy groups -OCH3 is 2. The van der Waals surface area contributed by atoms with E-state index in [0.29, 0.717) is 23.9 Å². The topological polar surface area (TPSA) is 91.3 Å². The fraction of sp³-hybridized carbons (Fsp3) is 0.393. The van der Waals surface area contributed by atoms with Gasteiger partial charge in [0.15, 0.2) is 5.17 Å². The molecule has 11 heteroatoms. The van der Waals surface area contributed by atoms with Crippen molar-refractivity contribution in [1.82, 2.24) is 10.3 Å². The average Bonchev–Trinajstić information content (AvgIpc) is 3.41. The van der Waals surface area contributed by atoms with E-state index in [0.717, 1.165) is 39.5 Å². The zero-order valence-electron chi connectivity index (χ0n) is 21.9. The van der Waals surface area contributed by atoms with Crippen molar-refractivity contribution in [3.8, 4) is 5.75 Å². The monoisotopic (exact) mass is 633 g/mol. The number of amides is 1. The van der Waals surface area contributed by atoms with Gasteiger partial charge in [0, 0.05) is 36.3 Å². The van der Waals surface area contributed by atoms with Crippen LogP contribution in [0.2, 0.25) is 0 Å². The van der Waals surface area contributed by atoms with Crippen LogP contribution in [0.5, 0.6) is 5.75 Å². The van der Waals surface area contributed by atoms with Crippen LogP contribution >= 0.6 is 39.0 Å². The van der Waals surface area contributed by atoms with Crippen LogP contribution in [0.15, 0.2) is 69.6 Å². The van der Waals surface area contributed by atoms with E-state index < -0.39 is 5.54 Å². The first-order valence-corrected chi connectivity index (χ1v) is 15.2. The first-order chi connectivity index (χ1) is 19.0. The van der Waals surface area contributed by atoms with E-state index in [1.165, 1.54) is 11.3 Å². The second-order valence-electron chi connectivity index (χ2n) is 8.94. The number of rotatable bonds is 13. The van der Waals surface area contributed by atoms with Crippen LogP contribution in [0.4, 0.5) is 0 Å². The molecule has 8 nitrogen and oxygen atoms in total. The summed E-state index contributed by atoms with van der Waals surface area (Å²) >= 11 is 6.57. The standard InChI is InChI=1S/C28H32BrN3O5S2/c1-34-19-37-18-28(26-30-24(29)17-38-26)22(9-6-14-36-15-20-10-12-23(35-2)13-11-20)16-39-27(32-28)31-25(33)21-7-4-3-5-8-21/h3-5,7-8,10-13,17,22H,6,9,14-16,18-19H2,1-2H3,(H,31,32,33)/t22-,28-/m0/s1. The van der Waals surface area contributed by atoms with Crippen molar-refractivity contribution in [2.24, 2.45) is 10.9 Å². The largest absolute Gasteiger partial charge is 0.497 e. The molecule has 2 aromatic carbocycles. The number of aromatic nitrogens is 1. The Morgan fingerprint density at radius 2 is 1.92 bits per heavy atom. The molecule has 2 heterocycles. The van der Waals surface area contributed by atoms with Gasteiger partial charge < -0.3 is 24.3 Å². The minimum atomic E-state index is -0.768. The number of halogens is 1. The molecule has 0 fully saturated rings. The van der Waals surface area contributed by atoms with Crippen molar-refractivity contribution in [3.63, 3.8) is 0 Å². The summed E-state index contributed by atoms with van der Waals surface area (Å²) in [5, 5.41) is 6.34. The van der Waals surface area contributed by atoms with Gasteiger partial charge in [-0.15, -0.1) is 11.3 Å². The molecule has 2 atom stereocenters. The Hall–Kier alpha value is -2.28. The number of benzene rings is 2. The molecule has 1 aliphatic heterocycles. The van der Waals surface area contributed by atoms with E-state index in [4.69, 9.17) is 28.9 Å². The van der Waals surface area contributed by atoms with Gasteiger partial charge in [-0.3, -0.25) is 4.79 Å². The first-order valence-electron chi connectivity index (χ1n) is 12.5. The molecule has 1 aliphatic rings. The van der Waals surface area contributed by atoms with E-state index in [1.54, 1.807) is 38.1 Å². The number of aliphatic imine (C=N–C) groups is 1. The van der Waals surface area contributed by atoms with Crippen LogP contribution < -0.4 is 10.1 Å². The van der Waals surface area contributed by atoms with Crippen molar-refractivity contribution in [2.45, 2.75) is 25.0 Å². The van der Waals surface area contributed by atoms with Gasteiger partial charge in [0.05, 0.1) is 20.3 Å². The summed E-state index contributed by atoms with van der Waals surface area (Å²) in [6.07, 6.45) is 1.70. The molecular formula is C28H32BrN3O5S2. The van der Waals surface area contributed by atoms with Gasteiger partial charge >= 0.3 is 0 Å². The Kier molecular flexibility index (Phi) is 11.4. The molecule has 208 valence electrons. The summed E-state index contributed by atoms with van der Waals surface area (Å²) in [5.74, 6) is 1.49. The average molecular weight is 635 g/mol. The number of carbonyl (C=O) groups is 1. The van der Waals surface area contributed by atoms with Gasteiger partial charge in [0.1, 0.15) is 27.7 Å². The molecule has 3 aromatic rings. The second kappa shape index (κ2) is 14.9. The lowest BCUT2D eigenvalue weighted by molar-refractivity contribution is -0.0571. The van der Waals surface area contributed by atoms with E-state index >= 15 is 0 Å². The zero-order valence-corrected chi connectivity index (χ0v) is 25.1. The Morgan fingerprint density at radius 1 is 1.13 bits per heavy atom. The highest BCUT2D eigenvalue weighted by Gasteiger charge is 2.46. The molecule has 0 saturated heterocycles. The van der Waals surface area contributed by atoms with Gasteiger partial charge in [0.2, 0.25) is 0 Å². The normalized spacial score (nSPS) is 18.9. The lowest BCUT2D eigenvalue weighted by atomic mass is 9.83. The van der Waals surface area contributed by atoms with Crippen LogP contribution in [-0.2, 0) is 26.4 Å². The number of hydrogen-bond donors (Lipinski definition) is 1. The number of ether oxygens (including phenoxy) is 4. The number of thiazole rings is 1. The Bertz CT molecular complexity index is 1230. The highest BCUT2D eigenvalue weighted by atomic mass is 79.9. The molecule has 1 aromatic heterocycles. The number of amidine groups is 1. The zero-order chi connectivity index (χ0) is 27.5. The molecule has 39 heavy (non-hydrogen) atoms. The third kappa shape index (κ3) is 8.12. The van der Waals surface area contributed by atoms with Gasteiger partial charge in [-0.25, -0.2) is 9.98 Å². The SMILES string of the molecule is COCOC[C@]1(c2nc(Br)cs2)N=C(NC(=O)c2ccccc2)SC[C@@H]1CCCOCc1ccc(OC)cc1. The summed E-state index contributed by atoms with van der Waals surface area (Å²) in [4.78, 5) is 22.8. The smallest absolute Gasteiger partial charge is 0.257 e. The number of carbonyl (C=O) groups excluding carboxylic acids is 1. The van der Waals surface area contributed by atoms with Crippen LogP contribution in [0.3, 0.4) is 0 Å². The third-order valence-corrected chi connectivity index (χ3v) is 9.05. The summed E-state index contributed by atoms with van der Waals surface area (Å²) in [5.41, 5.74) is 0.910. The van der Waals surface area contributed by atoms with E-state index in [9.17, 15) is 4.79 Å². The number of nitrogens with zero attached hydrogens (tertiary/aromatic N) is 2. The fourth-order valence-electron chi connectivity index (χ4n) is 4.28. The van der Waals surface area contributed by atoms with Crippen LogP contribution in [0, 0.1) is 5.92 Å². The van der Waals surface area contributed by atoms with Gasteiger partial charge in [-0.1, -0.05) is 42.1 Å². The van der Waals surface area contributed by atoms with E-state index in [-0.39, 0.29) is 25.2 Å². The number of nitrogens with one attached hydrogen (secondary N) is 1. The second-order valence-corrected chi connectivity index (χ2v) is 11.6. The van der Waals surface area contributed by atoms with Crippen molar-refractivity contribution in [3.05, 3.63) is 80.7 Å². The third-order valence-electron chi connectivity index (χ3n) is 6.29. The number of hydrogen-bond acceptors (Lipinski definition) is 9. The Morgan fingerprint density at radius 3 is 2.62 bits per heavy atom. The molecule has 4 rings (SSSR count). The highest BCUT2D eigenvalue weighted by Crippen LogP contribution is 2.44. The number of thioether (sulfide) groups is 1. The van der Waals surface area contributed by atoms with E-state index in [1.807, 2.05) is 47.8 Å². The fourth-order valence-corrected chi connectivity index (χ4v) is 6.94. The summed E-state index contributed by atoms with van der Waals surface area (Å²) in [6, 6.07) is 17.0. The predicted molar refractivity (Wildman–Crippen MR) is 158 cm³/mol. The molecule has 0 unspecified atom stereocenters. The van der Waals surface area contributed by atoms with Crippen molar-refractivity contribution in [1.29, 1.82) is 0 Å². The summed E-state index contributed by atoms with van der Waals surface area (Å²) in [7, 11) is 3.25.